The monoisotopic (exact) mass is 240 g/mol. The van der Waals surface area contributed by atoms with Crippen LogP contribution in [0.4, 0.5) is 0 Å². The highest BCUT2D eigenvalue weighted by Crippen LogP contribution is 2.01. The van der Waals surface area contributed by atoms with Crippen LogP contribution < -0.4 is 9.44 Å². The van der Waals surface area contributed by atoms with Gasteiger partial charge in [-0.2, -0.15) is 17.9 Å². The van der Waals surface area contributed by atoms with Gasteiger partial charge in [0.15, 0.2) is 0 Å². The van der Waals surface area contributed by atoms with Crippen LogP contribution in [0.1, 0.15) is 13.8 Å². The van der Waals surface area contributed by atoms with E-state index in [1.54, 1.807) is 0 Å². The lowest BCUT2D eigenvalue weighted by molar-refractivity contribution is 0.203. The standard InChI is InChI=1S/C8H20N2O4S/c1-7(2)8(6-11)10-15(12,13)9-4-5-14-3/h7-11H,4-6H2,1-3H3/t8-/m1/s1. The molecule has 15 heavy (non-hydrogen) atoms. The van der Waals surface area contributed by atoms with E-state index in [1.165, 1.54) is 7.11 Å². The summed E-state index contributed by atoms with van der Waals surface area (Å²) >= 11 is 0. The third kappa shape index (κ3) is 6.80. The third-order valence-corrected chi connectivity index (χ3v) is 3.10. The predicted octanol–water partition coefficient (Wildman–Crippen LogP) is -0.926. The minimum atomic E-state index is -3.55. The van der Waals surface area contributed by atoms with Crippen LogP contribution >= 0.6 is 0 Å². The summed E-state index contributed by atoms with van der Waals surface area (Å²) in [6.45, 7) is 3.97. The lowest BCUT2D eigenvalue weighted by Crippen LogP contribution is -2.47. The zero-order valence-electron chi connectivity index (χ0n) is 9.36. The molecule has 0 aromatic carbocycles. The highest BCUT2D eigenvalue weighted by atomic mass is 32.2. The fourth-order valence-electron chi connectivity index (χ4n) is 0.903. The van der Waals surface area contributed by atoms with Crippen LogP contribution in [0, 0.1) is 5.92 Å². The van der Waals surface area contributed by atoms with Crippen molar-refractivity contribution in [3.05, 3.63) is 0 Å². The van der Waals surface area contributed by atoms with E-state index < -0.39 is 16.3 Å². The Morgan fingerprint density at radius 1 is 1.40 bits per heavy atom. The van der Waals surface area contributed by atoms with Gasteiger partial charge >= 0.3 is 0 Å². The maximum absolute atomic E-state index is 11.4. The van der Waals surface area contributed by atoms with Crippen LogP contribution in [0.15, 0.2) is 0 Å². The molecule has 0 aliphatic carbocycles. The van der Waals surface area contributed by atoms with E-state index in [1.807, 2.05) is 13.8 Å². The van der Waals surface area contributed by atoms with Crippen molar-refractivity contribution in [1.29, 1.82) is 0 Å². The molecular weight excluding hydrogens is 220 g/mol. The van der Waals surface area contributed by atoms with E-state index in [-0.39, 0.29) is 19.1 Å². The topological polar surface area (TPSA) is 87.7 Å². The van der Waals surface area contributed by atoms with Crippen LogP contribution in [-0.2, 0) is 14.9 Å². The van der Waals surface area contributed by atoms with Crippen molar-refractivity contribution >= 4 is 10.2 Å². The molecule has 0 radical (unpaired) electrons. The number of hydrogen-bond donors (Lipinski definition) is 3. The van der Waals surface area contributed by atoms with Crippen LogP contribution in [0.5, 0.6) is 0 Å². The Bertz CT molecular complexity index is 253. The number of aliphatic hydroxyl groups excluding tert-OH is 1. The number of aliphatic hydroxyl groups is 1. The Balaban J connectivity index is 4.11. The summed E-state index contributed by atoms with van der Waals surface area (Å²) in [5.41, 5.74) is 0. The summed E-state index contributed by atoms with van der Waals surface area (Å²) in [5.74, 6) is 0.0361. The molecule has 7 heteroatoms. The summed E-state index contributed by atoms with van der Waals surface area (Å²) in [4.78, 5) is 0. The van der Waals surface area contributed by atoms with Gasteiger partial charge in [-0.3, -0.25) is 0 Å². The quantitative estimate of drug-likeness (QED) is 0.479. The second-order valence-corrected chi connectivity index (χ2v) is 5.07. The maximum atomic E-state index is 11.4. The van der Waals surface area contributed by atoms with Crippen molar-refractivity contribution in [1.82, 2.24) is 9.44 Å². The van der Waals surface area contributed by atoms with E-state index in [2.05, 4.69) is 9.44 Å². The third-order valence-electron chi connectivity index (χ3n) is 1.91. The summed E-state index contributed by atoms with van der Waals surface area (Å²) in [5, 5.41) is 8.95. The van der Waals surface area contributed by atoms with Gasteiger partial charge in [0.2, 0.25) is 0 Å². The van der Waals surface area contributed by atoms with Crippen LogP contribution in [0.3, 0.4) is 0 Å². The summed E-state index contributed by atoms with van der Waals surface area (Å²) in [6, 6.07) is -0.468. The zero-order chi connectivity index (χ0) is 11.9. The fraction of sp³-hybridized carbons (Fsp3) is 1.00. The molecule has 6 nitrogen and oxygen atoms in total. The molecule has 0 aliphatic heterocycles. The molecule has 92 valence electrons. The molecule has 0 unspecified atom stereocenters. The molecule has 0 heterocycles. The van der Waals surface area contributed by atoms with Gasteiger partial charge in [0.1, 0.15) is 0 Å². The van der Waals surface area contributed by atoms with Gasteiger partial charge in [-0.05, 0) is 5.92 Å². The molecule has 0 saturated carbocycles. The van der Waals surface area contributed by atoms with E-state index in [4.69, 9.17) is 9.84 Å². The van der Waals surface area contributed by atoms with Crippen molar-refractivity contribution in [2.75, 3.05) is 26.9 Å². The van der Waals surface area contributed by atoms with E-state index in [0.29, 0.717) is 6.61 Å². The van der Waals surface area contributed by atoms with Gasteiger partial charge in [-0.1, -0.05) is 13.8 Å². The van der Waals surface area contributed by atoms with Crippen LogP contribution in [-0.4, -0.2) is 46.4 Å². The lowest BCUT2D eigenvalue weighted by Gasteiger charge is -2.19. The van der Waals surface area contributed by atoms with Crippen LogP contribution in [0.2, 0.25) is 0 Å². The Morgan fingerprint density at radius 3 is 2.40 bits per heavy atom. The van der Waals surface area contributed by atoms with Crippen molar-refractivity contribution in [3.8, 4) is 0 Å². The van der Waals surface area contributed by atoms with Gasteiger partial charge < -0.3 is 9.84 Å². The Morgan fingerprint density at radius 2 is 2.00 bits per heavy atom. The highest BCUT2D eigenvalue weighted by molar-refractivity contribution is 7.87. The Hall–Kier alpha value is -0.210. The first-order valence-corrected chi connectivity index (χ1v) is 6.28. The molecule has 3 N–H and O–H groups in total. The normalized spacial score (nSPS) is 14.5. The molecule has 0 aromatic rings. The zero-order valence-corrected chi connectivity index (χ0v) is 10.2. The van der Waals surface area contributed by atoms with Crippen molar-refractivity contribution < 1.29 is 18.3 Å². The average molecular weight is 240 g/mol. The summed E-state index contributed by atoms with van der Waals surface area (Å²) < 4.78 is 32.2. The molecule has 0 rings (SSSR count). The second-order valence-electron chi connectivity index (χ2n) is 3.54. The molecule has 0 spiro atoms. The van der Waals surface area contributed by atoms with E-state index in [9.17, 15) is 8.42 Å². The second kappa shape index (κ2) is 7.13. The molecule has 0 amide bonds. The van der Waals surface area contributed by atoms with Crippen molar-refractivity contribution in [2.45, 2.75) is 19.9 Å². The number of nitrogens with one attached hydrogen (secondary N) is 2. The molecule has 0 fully saturated rings. The van der Waals surface area contributed by atoms with Crippen molar-refractivity contribution in [3.63, 3.8) is 0 Å². The Kier molecular flexibility index (Phi) is 7.03. The number of rotatable bonds is 8. The Labute approximate surface area is 91.2 Å². The summed E-state index contributed by atoms with van der Waals surface area (Å²) in [7, 11) is -2.06. The first-order valence-electron chi connectivity index (χ1n) is 4.79. The predicted molar refractivity (Wildman–Crippen MR) is 57.6 cm³/mol. The largest absolute Gasteiger partial charge is 0.395 e. The first-order chi connectivity index (χ1) is 6.93. The fourth-order valence-corrected chi connectivity index (χ4v) is 2.08. The molecule has 0 aliphatic rings. The number of methoxy groups -OCH3 is 1. The first kappa shape index (κ1) is 14.8. The van der Waals surface area contributed by atoms with Gasteiger partial charge in [0.05, 0.1) is 13.2 Å². The van der Waals surface area contributed by atoms with Crippen LogP contribution in [0.25, 0.3) is 0 Å². The molecule has 1 atom stereocenters. The van der Waals surface area contributed by atoms with Gasteiger partial charge in [0, 0.05) is 19.7 Å². The molecule has 0 aromatic heterocycles. The number of ether oxygens (including phenoxy) is 1. The van der Waals surface area contributed by atoms with Crippen molar-refractivity contribution in [2.24, 2.45) is 5.92 Å². The van der Waals surface area contributed by atoms with E-state index >= 15 is 0 Å². The smallest absolute Gasteiger partial charge is 0.277 e. The number of hydrogen-bond acceptors (Lipinski definition) is 4. The highest BCUT2D eigenvalue weighted by Gasteiger charge is 2.19. The summed E-state index contributed by atoms with van der Waals surface area (Å²) in [6.07, 6.45) is 0. The average Bonchev–Trinajstić information content (AvgIpc) is 2.14. The van der Waals surface area contributed by atoms with E-state index in [0.717, 1.165) is 0 Å². The lowest BCUT2D eigenvalue weighted by atomic mass is 10.1. The minimum absolute atomic E-state index is 0.0361. The molecule has 0 bridgehead atoms. The molecule has 0 saturated heterocycles. The van der Waals surface area contributed by atoms with Gasteiger partial charge in [-0.15, -0.1) is 0 Å². The minimum Gasteiger partial charge on any atom is -0.395 e. The van der Waals surface area contributed by atoms with Gasteiger partial charge in [0.25, 0.3) is 10.2 Å². The SMILES string of the molecule is COCCNS(=O)(=O)N[C@H](CO)C(C)C. The maximum Gasteiger partial charge on any atom is 0.277 e. The van der Waals surface area contributed by atoms with Gasteiger partial charge in [-0.25, -0.2) is 0 Å². The molecular formula is C8H20N2O4S.